The van der Waals surface area contributed by atoms with Crippen LogP contribution < -0.4 is 20.7 Å². The Bertz CT molecular complexity index is 2050. The standard InChI is InChI=1S/C45H58N4O5.Mg/c1-11-29-25(6)32-20-34-27(8)31(16-17-38(50)54-19-18-24(5)15-13-14-23(3)4)42(48-34)40-41(45(52)53-10)44(51)39-28(9)35(49-43(39)40)22-37-30(12-2)26(7)33(47-37)21-36(29)46-32;/h18,20-23,27,29,31,41-42,44,51H,11-17,19H2,1-10H3;/q-4;+2/b24-18-,34-20-,35-22-,36-21-;/t27-,29+,31-,41+,42?,44-;/m0./s1. The molecule has 2 aromatic heterocycles. The Hall–Kier alpha value is -3.47. The number of carbonyl (C=O) groups is 2. The molecule has 0 aromatic carbocycles. The van der Waals surface area contributed by atoms with E-state index in [1.807, 2.05) is 19.1 Å². The topological polar surface area (TPSA) is 129 Å². The quantitative estimate of drug-likeness (QED) is 0.137. The van der Waals surface area contributed by atoms with E-state index in [-0.39, 0.29) is 59.8 Å². The van der Waals surface area contributed by atoms with Crippen molar-refractivity contribution in [3.63, 3.8) is 0 Å². The molecule has 292 valence electrons. The summed E-state index contributed by atoms with van der Waals surface area (Å²) in [6.07, 6.45) is 12.8. The van der Waals surface area contributed by atoms with Crippen LogP contribution in [0, 0.1) is 43.4 Å². The normalized spacial score (nSPS) is 26.7. The van der Waals surface area contributed by atoms with E-state index in [1.54, 1.807) is 0 Å². The Labute approximate surface area is 343 Å². The molecule has 3 aliphatic heterocycles. The molecular weight excluding hydrogens is 701 g/mol. The molecule has 0 radical (unpaired) electrons. The fraction of sp³-hybridized carbons (Fsp3) is 0.556. The van der Waals surface area contributed by atoms with E-state index in [4.69, 9.17) is 30.1 Å². The number of nitrogens with zero attached hydrogens (tertiary/aromatic N) is 4. The smallest absolute Gasteiger partial charge is 0.681 e. The molecule has 0 amide bonds. The van der Waals surface area contributed by atoms with Crippen LogP contribution in [-0.2, 0) is 25.5 Å². The van der Waals surface area contributed by atoms with Gasteiger partial charge in [-0.05, 0) is 95.1 Å². The van der Waals surface area contributed by atoms with Gasteiger partial charge in [0, 0.05) is 6.42 Å². The first-order valence-corrected chi connectivity index (χ1v) is 20.0. The van der Waals surface area contributed by atoms with Gasteiger partial charge < -0.3 is 35.2 Å². The first kappa shape index (κ1) is 42.7. The molecule has 1 N–H and O–H groups in total. The second kappa shape index (κ2) is 17.8. The van der Waals surface area contributed by atoms with Crippen molar-refractivity contribution in [3.05, 3.63) is 95.4 Å². The van der Waals surface area contributed by atoms with Gasteiger partial charge in [-0.1, -0.05) is 98.7 Å². The van der Waals surface area contributed by atoms with Gasteiger partial charge >= 0.3 is 35.0 Å². The summed E-state index contributed by atoms with van der Waals surface area (Å²) in [6.45, 7) is 19.5. The number of methoxy groups -OCH3 is 1. The van der Waals surface area contributed by atoms with Gasteiger partial charge in [-0.3, -0.25) is 9.59 Å². The van der Waals surface area contributed by atoms with Gasteiger partial charge in [0.05, 0.1) is 13.2 Å². The third-order valence-electron chi connectivity index (χ3n) is 12.3. The van der Waals surface area contributed by atoms with E-state index < -0.39 is 24.0 Å². The van der Waals surface area contributed by atoms with Crippen LogP contribution in [0.4, 0.5) is 0 Å². The Kier molecular flexibility index (Phi) is 13.8. The maximum absolute atomic E-state index is 13.6. The minimum atomic E-state index is -1.14. The maximum Gasteiger partial charge on any atom is 2.00 e. The zero-order valence-electron chi connectivity index (χ0n) is 34.6. The molecule has 1 saturated heterocycles. The van der Waals surface area contributed by atoms with Crippen LogP contribution in [0.25, 0.3) is 28.4 Å². The number of hydrogen-bond acceptors (Lipinski definition) is 5. The van der Waals surface area contributed by atoms with Crippen LogP contribution in [0.3, 0.4) is 0 Å². The van der Waals surface area contributed by atoms with Crippen molar-refractivity contribution in [1.29, 1.82) is 0 Å². The van der Waals surface area contributed by atoms with Gasteiger partial charge in [-0.2, -0.15) is 11.4 Å². The summed E-state index contributed by atoms with van der Waals surface area (Å²) in [4.78, 5) is 37.0. The molecule has 1 fully saturated rings. The van der Waals surface area contributed by atoms with Crippen LogP contribution in [-0.4, -0.2) is 59.9 Å². The largest absolute Gasteiger partial charge is 2.00 e. The van der Waals surface area contributed by atoms with E-state index in [0.29, 0.717) is 34.2 Å². The van der Waals surface area contributed by atoms with Crippen molar-refractivity contribution in [2.75, 3.05) is 13.7 Å². The van der Waals surface area contributed by atoms with E-state index in [0.717, 1.165) is 70.9 Å². The third kappa shape index (κ3) is 8.33. The fourth-order valence-electron chi connectivity index (χ4n) is 9.01. The number of allylic oxidation sites excluding steroid dienone is 4. The van der Waals surface area contributed by atoms with E-state index in [2.05, 4.69) is 67.5 Å². The summed E-state index contributed by atoms with van der Waals surface area (Å²) in [6, 6.07) is -0.520. The second-order valence-corrected chi connectivity index (χ2v) is 16.1. The summed E-state index contributed by atoms with van der Waals surface area (Å²) in [5.74, 6) is -1.18. The van der Waals surface area contributed by atoms with Gasteiger partial charge in [0.1, 0.15) is 12.5 Å². The number of esters is 2. The van der Waals surface area contributed by atoms with Crippen molar-refractivity contribution < 1.29 is 24.2 Å². The van der Waals surface area contributed by atoms with Crippen molar-refractivity contribution in [1.82, 2.24) is 9.97 Å². The van der Waals surface area contributed by atoms with Crippen LogP contribution in [0.15, 0.2) is 40.4 Å². The molecule has 6 atom stereocenters. The molecule has 6 rings (SSSR count). The summed E-state index contributed by atoms with van der Waals surface area (Å²) in [7, 11) is 1.35. The molecule has 1 unspecified atom stereocenters. The van der Waals surface area contributed by atoms with E-state index in [1.165, 1.54) is 24.7 Å². The Balaban J connectivity index is 0.00000580. The number of ether oxygens (including phenoxy) is 2. The van der Waals surface area contributed by atoms with Gasteiger partial charge in [-0.15, -0.1) is 27.8 Å². The van der Waals surface area contributed by atoms with Crippen LogP contribution in [0.1, 0.15) is 127 Å². The van der Waals surface area contributed by atoms with Gasteiger partial charge in [-0.25, -0.2) is 0 Å². The Morgan fingerprint density at radius 2 is 1.75 bits per heavy atom. The second-order valence-electron chi connectivity index (χ2n) is 16.1. The van der Waals surface area contributed by atoms with Gasteiger partial charge in [0.2, 0.25) is 0 Å². The van der Waals surface area contributed by atoms with Crippen molar-refractivity contribution >= 4 is 52.7 Å². The summed E-state index contributed by atoms with van der Waals surface area (Å²) in [5.41, 5.74) is 11.3. The number of aliphatic hydroxyl groups is 1. The average molecular weight is 759 g/mol. The predicted molar refractivity (Wildman–Crippen MR) is 219 cm³/mol. The molecule has 2 aromatic rings. The van der Waals surface area contributed by atoms with E-state index in [9.17, 15) is 14.7 Å². The predicted octanol–water partition coefficient (Wildman–Crippen LogP) is 7.25. The number of hydrogen-bond donors (Lipinski definition) is 1. The molecule has 1 aliphatic carbocycles. The molecule has 5 heterocycles. The van der Waals surface area contributed by atoms with Crippen molar-refractivity contribution in [2.24, 2.45) is 29.6 Å². The summed E-state index contributed by atoms with van der Waals surface area (Å²) >= 11 is 0. The molecule has 0 saturated carbocycles. The SMILES string of the molecule is CCc1c2[n-]c(c1C)/C=C1\[N-]C(=C(C)[C@H]1CC)/C=C1\[N-]C(C3=c4[n-]/c(c(C)c4[C@H](O)[C@@H]3C(=O)OC)=C\2)[C@@H](CCC(=O)OC/C=C(/C)CCCC(C)C)[C@@H]1C.[Mg+2]. The fourth-order valence-corrected chi connectivity index (χ4v) is 9.01. The van der Waals surface area contributed by atoms with Crippen molar-refractivity contribution in [3.8, 4) is 0 Å². The van der Waals surface area contributed by atoms with Crippen LogP contribution in [0.2, 0.25) is 0 Å². The zero-order valence-corrected chi connectivity index (χ0v) is 36.0. The first-order valence-electron chi connectivity index (χ1n) is 20.0. The Morgan fingerprint density at radius 1 is 1.00 bits per heavy atom. The molecule has 10 heteroatoms. The molecule has 9 nitrogen and oxygen atoms in total. The minimum absolute atomic E-state index is 0. The first-order chi connectivity index (χ1) is 25.8. The number of fused-ring (bicyclic) bond motifs is 8. The minimum Gasteiger partial charge on any atom is -0.681 e. The molecule has 8 bridgehead atoms. The monoisotopic (exact) mass is 758 g/mol. The van der Waals surface area contributed by atoms with Gasteiger partial charge in [0.15, 0.2) is 0 Å². The number of carbonyl (C=O) groups excluding carboxylic acids is 2. The summed E-state index contributed by atoms with van der Waals surface area (Å²) in [5, 5.41) is 23.8. The van der Waals surface area contributed by atoms with Gasteiger partial charge in [0.25, 0.3) is 0 Å². The number of aliphatic hydroxyl groups excluding tert-OH is 1. The molecule has 0 spiro atoms. The molecule has 55 heavy (non-hydrogen) atoms. The zero-order chi connectivity index (χ0) is 39.0. The summed E-state index contributed by atoms with van der Waals surface area (Å²) < 4.78 is 11.0. The number of aromatic nitrogens is 2. The Morgan fingerprint density at radius 3 is 2.42 bits per heavy atom. The average Bonchev–Trinajstić information content (AvgIpc) is 3.87. The van der Waals surface area contributed by atoms with E-state index >= 15 is 0 Å². The van der Waals surface area contributed by atoms with Crippen molar-refractivity contribution in [2.45, 2.75) is 119 Å². The molecular formula is C45H58MgN4O5-2. The number of rotatable bonds is 12. The van der Waals surface area contributed by atoms with Crippen LogP contribution >= 0.6 is 0 Å². The van der Waals surface area contributed by atoms with Crippen LogP contribution in [0.5, 0.6) is 0 Å². The third-order valence-corrected chi connectivity index (χ3v) is 12.3. The molecule has 4 aliphatic rings. The maximum atomic E-state index is 13.6.